The van der Waals surface area contributed by atoms with E-state index < -0.39 is 35.6 Å². The van der Waals surface area contributed by atoms with E-state index in [2.05, 4.69) is 26.6 Å². The Kier molecular flexibility index (Phi) is 6.89. The highest BCUT2D eigenvalue weighted by atomic mass is 79.9. The number of anilines is 1. The van der Waals surface area contributed by atoms with E-state index in [9.17, 15) is 19.5 Å². The lowest BCUT2D eigenvalue weighted by atomic mass is 9.70. The largest absolute Gasteiger partial charge is 0.394 e. The third-order valence-corrected chi connectivity index (χ3v) is 8.82. The van der Waals surface area contributed by atoms with Crippen molar-refractivity contribution in [3.8, 4) is 0 Å². The van der Waals surface area contributed by atoms with Gasteiger partial charge in [-0.3, -0.25) is 14.4 Å². The van der Waals surface area contributed by atoms with Crippen LogP contribution < -0.4 is 10.6 Å². The summed E-state index contributed by atoms with van der Waals surface area (Å²) in [6.07, 6.45) is -0.122. The Morgan fingerprint density at radius 2 is 1.92 bits per heavy atom. The second-order valence-electron chi connectivity index (χ2n) is 10.5. The molecule has 3 heterocycles. The van der Waals surface area contributed by atoms with Crippen LogP contribution in [0.1, 0.15) is 30.0 Å². The second-order valence-corrected chi connectivity index (χ2v) is 11.6. The van der Waals surface area contributed by atoms with Crippen LogP contribution in [-0.4, -0.2) is 63.0 Å². The third-order valence-electron chi connectivity index (χ3n) is 7.98. The van der Waals surface area contributed by atoms with Gasteiger partial charge in [-0.25, -0.2) is 0 Å². The van der Waals surface area contributed by atoms with Crippen molar-refractivity contribution in [1.82, 2.24) is 10.2 Å². The lowest BCUT2D eigenvalue weighted by Crippen LogP contribution is -2.56. The minimum absolute atomic E-state index is 0.190. The highest BCUT2D eigenvalue weighted by molar-refractivity contribution is 9.09. The zero-order valence-corrected chi connectivity index (χ0v) is 22.7. The summed E-state index contributed by atoms with van der Waals surface area (Å²) in [5, 5.41) is 16.0. The smallest absolute Gasteiger partial charge is 0.250 e. The monoisotopic (exact) mass is 569 g/mol. The number of hydrogen-bond donors (Lipinski definition) is 3. The van der Waals surface area contributed by atoms with Crippen LogP contribution in [0.15, 0.2) is 48.5 Å². The summed E-state index contributed by atoms with van der Waals surface area (Å²) in [5.74, 6) is -2.54. The number of aliphatic hydroxyl groups excluding tert-OH is 1. The average molecular weight is 570 g/mol. The van der Waals surface area contributed by atoms with Gasteiger partial charge in [0.15, 0.2) is 0 Å². The van der Waals surface area contributed by atoms with Crippen molar-refractivity contribution in [3.63, 3.8) is 0 Å². The van der Waals surface area contributed by atoms with Gasteiger partial charge in [-0.15, -0.1) is 0 Å². The summed E-state index contributed by atoms with van der Waals surface area (Å²) < 4.78 is 6.49. The molecular formula is C28H32BrN3O5. The number of carbonyl (C=O) groups excluding carboxylic acids is 3. The van der Waals surface area contributed by atoms with Gasteiger partial charge < -0.3 is 25.4 Å². The maximum atomic E-state index is 13.9. The van der Waals surface area contributed by atoms with Crippen LogP contribution in [0.3, 0.4) is 0 Å². The standard InChI is InChI=1S/C28H32BrN3O5/c1-15-9-10-16(2)20(11-15)31-26(35)24-28-12-19(29)23(37-28)21(22(28)27(36)32(24)17(3)14-33)25(34)30-13-18-7-5-4-6-8-18/h4-11,17,19,21-24,33H,12-14H2,1-3H3,(H,30,34)(H,31,35)/t17-,19?,21-,22+,23-,24?,28?/m1/s1. The average Bonchev–Trinajstić information content (AvgIpc) is 3.48. The van der Waals surface area contributed by atoms with Gasteiger partial charge in [0.05, 0.1) is 30.6 Å². The van der Waals surface area contributed by atoms with E-state index in [1.54, 1.807) is 6.92 Å². The zero-order chi connectivity index (χ0) is 26.5. The van der Waals surface area contributed by atoms with Crippen molar-refractivity contribution in [1.29, 1.82) is 0 Å². The molecule has 7 atom stereocenters. The van der Waals surface area contributed by atoms with Crippen LogP contribution in [0.5, 0.6) is 0 Å². The molecule has 1 spiro atoms. The van der Waals surface area contributed by atoms with Crippen LogP contribution >= 0.6 is 15.9 Å². The first-order chi connectivity index (χ1) is 17.7. The van der Waals surface area contributed by atoms with E-state index in [4.69, 9.17) is 4.74 Å². The van der Waals surface area contributed by atoms with Crippen molar-refractivity contribution < 1.29 is 24.2 Å². The lowest BCUT2D eigenvalue weighted by Gasteiger charge is -2.35. The van der Waals surface area contributed by atoms with Crippen molar-refractivity contribution in [2.45, 2.75) is 62.4 Å². The van der Waals surface area contributed by atoms with Crippen molar-refractivity contribution in [3.05, 3.63) is 65.2 Å². The second kappa shape index (κ2) is 9.85. The van der Waals surface area contributed by atoms with Gasteiger partial charge in [-0.05, 0) is 49.9 Å². The Bertz CT molecular complexity index is 1220. The zero-order valence-electron chi connectivity index (χ0n) is 21.1. The summed E-state index contributed by atoms with van der Waals surface area (Å²) >= 11 is 3.67. The number of halogens is 1. The minimum Gasteiger partial charge on any atom is -0.394 e. The summed E-state index contributed by atoms with van der Waals surface area (Å²) in [7, 11) is 0. The van der Waals surface area contributed by atoms with Crippen LogP contribution in [0.25, 0.3) is 0 Å². The van der Waals surface area contributed by atoms with Gasteiger partial charge in [0.25, 0.3) is 0 Å². The molecule has 5 rings (SSSR count). The lowest BCUT2D eigenvalue weighted by molar-refractivity contribution is -0.143. The number of ether oxygens (including phenoxy) is 1. The molecule has 3 aliphatic rings. The molecular weight excluding hydrogens is 538 g/mol. The van der Waals surface area contributed by atoms with Gasteiger partial charge in [-0.2, -0.15) is 0 Å². The molecule has 8 nitrogen and oxygen atoms in total. The van der Waals surface area contributed by atoms with E-state index in [1.807, 2.05) is 62.4 Å². The fourth-order valence-corrected chi connectivity index (χ4v) is 7.15. The number of likely N-dealkylation sites (tertiary alicyclic amines) is 1. The first kappa shape index (κ1) is 25.9. The molecule has 2 aromatic rings. The highest BCUT2D eigenvalue weighted by Crippen LogP contribution is 2.60. The van der Waals surface area contributed by atoms with E-state index in [0.29, 0.717) is 18.7 Å². The molecule has 3 N–H and O–H groups in total. The van der Waals surface area contributed by atoms with Crippen molar-refractivity contribution in [2.24, 2.45) is 11.8 Å². The van der Waals surface area contributed by atoms with Crippen LogP contribution in [0.2, 0.25) is 0 Å². The van der Waals surface area contributed by atoms with Gasteiger partial charge >= 0.3 is 0 Å². The van der Waals surface area contributed by atoms with Crippen molar-refractivity contribution >= 4 is 39.3 Å². The molecule has 3 amide bonds. The predicted molar refractivity (Wildman–Crippen MR) is 142 cm³/mol. The van der Waals surface area contributed by atoms with Crippen LogP contribution in [0.4, 0.5) is 5.69 Å². The van der Waals surface area contributed by atoms with E-state index in [1.165, 1.54) is 4.90 Å². The maximum absolute atomic E-state index is 13.9. The number of nitrogens with zero attached hydrogens (tertiary/aromatic N) is 1. The summed E-state index contributed by atoms with van der Waals surface area (Å²) in [5.41, 5.74) is 2.33. The molecule has 9 heteroatoms. The third kappa shape index (κ3) is 4.27. The normalized spacial score (nSPS) is 30.8. The topological polar surface area (TPSA) is 108 Å². The summed E-state index contributed by atoms with van der Waals surface area (Å²) in [4.78, 5) is 42.6. The first-order valence-corrected chi connectivity index (χ1v) is 13.5. The molecule has 0 aromatic heterocycles. The van der Waals surface area contributed by atoms with Gasteiger partial charge in [0, 0.05) is 17.1 Å². The van der Waals surface area contributed by atoms with Crippen molar-refractivity contribution in [2.75, 3.05) is 11.9 Å². The molecule has 3 aliphatic heterocycles. The van der Waals surface area contributed by atoms with E-state index in [-0.39, 0.29) is 29.2 Å². The number of aryl methyl sites for hydroxylation is 2. The van der Waals surface area contributed by atoms with Crippen LogP contribution in [0, 0.1) is 25.7 Å². The number of alkyl halides is 1. The number of rotatable bonds is 7. The molecule has 3 saturated heterocycles. The number of aliphatic hydroxyl groups is 1. The molecule has 0 aliphatic carbocycles. The van der Waals surface area contributed by atoms with E-state index in [0.717, 1.165) is 16.7 Å². The van der Waals surface area contributed by atoms with Gasteiger partial charge in [0.1, 0.15) is 11.6 Å². The van der Waals surface area contributed by atoms with Gasteiger partial charge in [0.2, 0.25) is 17.7 Å². The Morgan fingerprint density at radius 1 is 1.19 bits per heavy atom. The van der Waals surface area contributed by atoms with E-state index >= 15 is 0 Å². The Hall–Kier alpha value is -2.75. The Morgan fingerprint density at radius 3 is 2.62 bits per heavy atom. The molecule has 37 heavy (non-hydrogen) atoms. The molecule has 0 radical (unpaired) electrons. The molecule has 3 unspecified atom stereocenters. The molecule has 2 bridgehead atoms. The Balaban J connectivity index is 1.48. The van der Waals surface area contributed by atoms with Crippen LogP contribution in [-0.2, 0) is 25.7 Å². The molecule has 196 valence electrons. The SMILES string of the molecule is Cc1ccc(C)c(NC(=O)C2N([C@H](C)CO)C(=O)[C@@H]3[C@@H](C(=O)NCc4ccccc4)[C@@H]4OC23CC4Br)c1. The highest BCUT2D eigenvalue weighted by Gasteiger charge is 2.76. The number of carbonyl (C=O) groups is 3. The molecule has 2 aromatic carbocycles. The first-order valence-electron chi connectivity index (χ1n) is 12.6. The molecule has 0 saturated carbocycles. The maximum Gasteiger partial charge on any atom is 0.250 e. The number of hydrogen-bond acceptors (Lipinski definition) is 5. The summed E-state index contributed by atoms with van der Waals surface area (Å²) in [6.45, 7) is 5.57. The fourth-order valence-electron chi connectivity index (χ4n) is 6.20. The predicted octanol–water partition coefficient (Wildman–Crippen LogP) is 2.69. The quantitative estimate of drug-likeness (QED) is 0.444. The minimum atomic E-state index is -1.17. The number of amides is 3. The number of nitrogens with one attached hydrogen (secondary N) is 2. The Labute approximate surface area is 224 Å². The number of benzene rings is 2. The molecule has 3 fully saturated rings. The summed E-state index contributed by atoms with van der Waals surface area (Å²) in [6, 6.07) is 13.7. The van der Waals surface area contributed by atoms with Gasteiger partial charge in [-0.1, -0.05) is 58.4 Å². The number of fused-ring (bicyclic) bond motifs is 1. The fraction of sp³-hybridized carbons (Fsp3) is 0.464.